The van der Waals surface area contributed by atoms with Gasteiger partial charge in [0, 0.05) is 13.1 Å². The van der Waals surface area contributed by atoms with E-state index in [4.69, 9.17) is 5.73 Å². The van der Waals surface area contributed by atoms with Crippen molar-refractivity contribution >= 4 is 11.9 Å². The zero-order valence-corrected chi connectivity index (χ0v) is 11.7. The summed E-state index contributed by atoms with van der Waals surface area (Å²) in [5, 5.41) is 2.98. The Balaban J connectivity index is 2.60. The fourth-order valence-corrected chi connectivity index (χ4v) is 1.67. The minimum absolute atomic E-state index is 0.0654. The summed E-state index contributed by atoms with van der Waals surface area (Å²) in [7, 11) is 2.56. The summed E-state index contributed by atoms with van der Waals surface area (Å²) >= 11 is 0. The van der Waals surface area contributed by atoms with Crippen LogP contribution in [0, 0.1) is 0 Å². The van der Waals surface area contributed by atoms with E-state index in [1.807, 2.05) is 24.3 Å². The van der Waals surface area contributed by atoms with Crippen molar-refractivity contribution in [3.05, 3.63) is 35.4 Å². The molecule has 1 aromatic carbocycles. The van der Waals surface area contributed by atoms with E-state index < -0.39 is 18.0 Å². The molecule has 1 unspecified atom stereocenters. The molecular formula is C14H20N2O4. The lowest BCUT2D eigenvalue weighted by Crippen LogP contribution is -2.39. The van der Waals surface area contributed by atoms with E-state index >= 15 is 0 Å². The second-order valence-corrected chi connectivity index (χ2v) is 4.26. The lowest BCUT2D eigenvalue weighted by molar-refractivity contribution is -0.149. The normalized spacial score (nSPS) is 11.8. The predicted molar refractivity (Wildman–Crippen MR) is 73.6 cm³/mol. The molecule has 3 N–H and O–H groups in total. The van der Waals surface area contributed by atoms with Gasteiger partial charge in [-0.2, -0.15) is 0 Å². The molecule has 20 heavy (non-hydrogen) atoms. The number of carbonyl (C=O) groups excluding carboxylic acids is 2. The Hall–Kier alpha value is -1.92. The van der Waals surface area contributed by atoms with Crippen molar-refractivity contribution in [2.24, 2.45) is 5.73 Å². The maximum atomic E-state index is 11.6. The second kappa shape index (κ2) is 8.29. The van der Waals surface area contributed by atoms with Crippen molar-refractivity contribution in [1.29, 1.82) is 0 Å². The quantitative estimate of drug-likeness (QED) is 0.700. The molecule has 0 spiro atoms. The molecular weight excluding hydrogens is 260 g/mol. The number of hydrogen-bond acceptors (Lipinski definition) is 6. The van der Waals surface area contributed by atoms with Crippen molar-refractivity contribution in [2.75, 3.05) is 14.2 Å². The van der Waals surface area contributed by atoms with Gasteiger partial charge in [-0.3, -0.25) is 14.9 Å². The largest absolute Gasteiger partial charge is 0.469 e. The molecule has 0 radical (unpaired) electrons. The number of carbonyl (C=O) groups is 2. The molecule has 1 rings (SSSR count). The predicted octanol–water partition coefficient (Wildman–Crippen LogP) is 0.340. The van der Waals surface area contributed by atoms with Crippen molar-refractivity contribution in [1.82, 2.24) is 5.32 Å². The lowest BCUT2D eigenvalue weighted by atomic mass is 10.1. The van der Waals surface area contributed by atoms with Crippen LogP contribution < -0.4 is 11.1 Å². The minimum Gasteiger partial charge on any atom is -0.469 e. The van der Waals surface area contributed by atoms with E-state index in [-0.39, 0.29) is 6.42 Å². The van der Waals surface area contributed by atoms with Gasteiger partial charge < -0.3 is 15.2 Å². The summed E-state index contributed by atoms with van der Waals surface area (Å²) in [6.07, 6.45) is -0.0654. The monoisotopic (exact) mass is 280 g/mol. The minimum atomic E-state index is -0.721. The Bertz CT molecular complexity index is 445. The van der Waals surface area contributed by atoms with Gasteiger partial charge in [-0.15, -0.1) is 0 Å². The van der Waals surface area contributed by atoms with E-state index in [0.717, 1.165) is 11.1 Å². The summed E-state index contributed by atoms with van der Waals surface area (Å²) in [6.45, 7) is 0.933. The van der Waals surface area contributed by atoms with Gasteiger partial charge in [-0.25, -0.2) is 0 Å². The van der Waals surface area contributed by atoms with Crippen molar-refractivity contribution in [3.63, 3.8) is 0 Å². The molecule has 110 valence electrons. The number of methoxy groups -OCH3 is 2. The first kappa shape index (κ1) is 16.1. The molecule has 1 atom stereocenters. The Kier molecular flexibility index (Phi) is 6.69. The number of nitrogens with two attached hydrogens (primary N) is 1. The zero-order chi connectivity index (χ0) is 15.0. The number of rotatable bonds is 7. The first-order chi connectivity index (χ1) is 9.60. The van der Waals surface area contributed by atoms with Crippen LogP contribution in [0.25, 0.3) is 0 Å². The Morgan fingerprint density at radius 2 is 1.75 bits per heavy atom. The van der Waals surface area contributed by atoms with Crippen LogP contribution in [0.3, 0.4) is 0 Å². The van der Waals surface area contributed by atoms with Crippen molar-refractivity contribution in [3.8, 4) is 0 Å². The van der Waals surface area contributed by atoms with Crippen LogP contribution in [0.1, 0.15) is 17.5 Å². The highest BCUT2D eigenvalue weighted by Gasteiger charge is 2.22. The standard InChI is InChI=1S/C14H20N2O4/c1-19-13(17)7-12(14(18)20-2)16-9-11-5-3-10(8-15)4-6-11/h3-6,12,16H,7-9,15H2,1-2H3. The van der Waals surface area contributed by atoms with E-state index in [1.165, 1.54) is 14.2 Å². The molecule has 0 aliphatic rings. The van der Waals surface area contributed by atoms with E-state index in [9.17, 15) is 9.59 Å². The number of ether oxygens (including phenoxy) is 2. The van der Waals surface area contributed by atoms with Gasteiger partial charge in [-0.05, 0) is 11.1 Å². The first-order valence-corrected chi connectivity index (χ1v) is 6.26. The van der Waals surface area contributed by atoms with Crippen LogP contribution in [-0.4, -0.2) is 32.2 Å². The average molecular weight is 280 g/mol. The van der Waals surface area contributed by atoms with Gasteiger partial charge in [-0.1, -0.05) is 24.3 Å². The topological polar surface area (TPSA) is 90.6 Å². The summed E-state index contributed by atoms with van der Waals surface area (Å²) < 4.78 is 9.21. The highest BCUT2D eigenvalue weighted by atomic mass is 16.5. The maximum Gasteiger partial charge on any atom is 0.323 e. The molecule has 0 bridgehead atoms. The molecule has 0 fully saturated rings. The number of esters is 2. The molecule has 0 aliphatic carbocycles. The SMILES string of the molecule is COC(=O)CC(NCc1ccc(CN)cc1)C(=O)OC. The van der Waals surface area contributed by atoms with Gasteiger partial charge in [0.25, 0.3) is 0 Å². The third-order valence-corrected chi connectivity index (χ3v) is 2.90. The average Bonchev–Trinajstić information content (AvgIpc) is 2.50. The van der Waals surface area contributed by atoms with E-state index in [0.29, 0.717) is 13.1 Å². The van der Waals surface area contributed by atoms with Crippen LogP contribution in [0.4, 0.5) is 0 Å². The second-order valence-electron chi connectivity index (χ2n) is 4.26. The van der Waals surface area contributed by atoms with Crippen LogP contribution in [0.2, 0.25) is 0 Å². The van der Waals surface area contributed by atoms with Gasteiger partial charge >= 0.3 is 11.9 Å². The van der Waals surface area contributed by atoms with Crippen LogP contribution in [0.15, 0.2) is 24.3 Å². The van der Waals surface area contributed by atoms with Crippen LogP contribution >= 0.6 is 0 Å². The summed E-state index contributed by atoms with van der Waals surface area (Å²) in [6, 6.07) is 6.96. The summed E-state index contributed by atoms with van der Waals surface area (Å²) in [5.74, 6) is -0.958. The fourth-order valence-electron chi connectivity index (χ4n) is 1.67. The molecule has 1 aromatic rings. The van der Waals surface area contributed by atoms with Crippen LogP contribution in [0.5, 0.6) is 0 Å². The van der Waals surface area contributed by atoms with Gasteiger partial charge in [0.05, 0.1) is 20.6 Å². The highest BCUT2D eigenvalue weighted by Crippen LogP contribution is 2.05. The molecule has 0 aliphatic heterocycles. The number of hydrogen-bond donors (Lipinski definition) is 2. The fraction of sp³-hybridized carbons (Fsp3) is 0.429. The third-order valence-electron chi connectivity index (χ3n) is 2.90. The van der Waals surface area contributed by atoms with Crippen molar-refractivity contribution < 1.29 is 19.1 Å². The Morgan fingerprint density at radius 3 is 2.25 bits per heavy atom. The van der Waals surface area contributed by atoms with Gasteiger partial charge in [0.15, 0.2) is 0 Å². The van der Waals surface area contributed by atoms with Gasteiger partial charge in [0.2, 0.25) is 0 Å². The molecule has 6 nitrogen and oxygen atoms in total. The van der Waals surface area contributed by atoms with Crippen LogP contribution in [-0.2, 0) is 32.2 Å². The highest BCUT2D eigenvalue weighted by molar-refractivity contribution is 5.82. The number of nitrogens with one attached hydrogen (secondary N) is 1. The molecule has 0 aromatic heterocycles. The molecule has 0 saturated carbocycles. The first-order valence-electron chi connectivity index (χ1n) is 6.26. The maximum absolute atomic E-state index is 11.6. The Labute approximate surface area is 118 Å². The summed E-state index contributed by atoms with van der Waals surface area (Å²) in [5.41, 5.74) is 7.54. The molecule has 0 saturated heterocycles. The Morgan fingerprint density at radius 1 is 1.15 bits per heavy atom. The third kappa shape index (κ3) is 4.99. The van der Waals surface area contributed by atoms with E-state index in [1.54, 1.807) is 0 Å². The summed E-state index contributed by atoms with van der Waals surface area (Å²) in [4.78, 5) is 22.8. The molecule has 6 heteroatoms. The molecule has 0 heterocycles. The zero-order valence-electron chi connectivity index (χ0n) is 11.7. The number of benzene rings is 1. The van der Waals surface area contributed by atoms with Gasteiger partial charge in [0.1, 0.15) is 6.04 Å². The van der Waals surface area contributed by atoms with Crippen molar-refractivity contribution in [2.45, 2.75) is 25.6 Å². The van der Waals surface area contributed by atoms with E-state index in [2.05, 4.69) is 14.8 Å². The lowest BCUT2D eigenvalue weighted by Gasteiger charge is -2.15. The molecule has 0 amide bonds. The smallest absolute Gasteiger partial charge is 0.323 e.